The highest BCUT2D eigenvalue weighted by molar-refractivity contribution is 5.81. The van der Waals surface area contributed by atoms with Crippen molar-refractivity contribution in [1.82, 2.24) is 5.32 Å². The van der Waals surface area contributed by atoms with E-state index in [2.05, 4.69) is 5.32 Å². The molecule has 1 aliphatic heterocycles. The topological polar surface area (TPSA) is 73.9 Å². The fourth-order valence-corrected chi connectivity index (χ4v) is 2.10. The summed E-state index contributed by atoms with van der Waals surface area (Å²) in [5.74, 6) is 0.684. The zero-order valence-electron chi connectivity index (χ0n) is 12.0. The zero-order chi connectivity index (χ0) is 15.1. The molecule has 1 fully saturated rings. The molecule has 2 rings (SSSR count). The molecule has 6 nitrogen and oxygen atoms in total. The van der Waals surface area contributed by atoms with Gasteiger partial charge in [-0.15, -0.1) is 0 Å². The first-order valence-corrected chi connectivity index (χ1v) is 6.87. The van der Waals surface area contributed by atoms with Crippen LogP contribution in [0.1, 0.15) is 23.2 Å². The Balaban J connectivity index is 1.81. The minimum absolute atomic E-state index is 0.0977. The Kier molecular flexibility index (Phi) is 5.57. The van der Waals surface area contributed by atoms with E-state index >= 15 is 0 Å². The Hall–Kier alpha value is -2.08. The van der Waals surface area contributed by atoms with Gasteiger partial charge in [0.05, 0.1) is 18.8 Å². The first-order valence-electron chi connectivity index (χ1n) is 6.87. The molecule has 0 radical (unpaired) electrons. The van der Waals surface area contributed by atoms with Gasteiger partial charge in [-0.05, 0) is 31.0 Å². The minimum atomic E-state index is -0.238. The molecule has 1 N–H and O–H groups in total. The van der Waals surface area contributed by atoms with Crippen LogP contribution in [-0.2, 0) is 9.53 Å². The molecule has 21 heavy (non-hydrogen) atoms. The van der Waals surface area contributed by atoms with E-state index in [0.717, 1.165) is 19.4 Å². The number of methoxy groups -OCH3 is 1. The molecule has 1 heterocycles. The third-order valence-electron chi connectivity index (χ3n) is 3.25. The Morgan fingerprint density at radius 3 is 3.05 bits per heavy atom. The van der Waals surface area contributed by atoms with Crippen LogP contribution in [-0.4, -0.2) is 45.2 Å². The molecule has 1 aliphatic rings. The summed E-state index contributed by atoms with van der Waals surface area (Å²) in [7, 11) is 1.52. The molecule has 0 saturated carbocycles. The maximum atomic E-state index is 11.7. The Morgan fingerprint density at radius 1 is 1.52 bits per heavy atom. The number of nitrogens with one attached hydrogen (secondary N) is 1. The molecule has 1 aromatic carbocycles. The van der Waals surface area contributed by atoms with Crippen LogP contribution < -0.4 is 14.8 Å². The van der Waals surface area contributed by atoms with E-state index in [1.807, 2.05) is 0 Å². The largest absolute Gasteiger partial charge is 0.497 e. The Morgan fingerprint density at radius 2 is 2.38 bits per heavy atom. The van der Waals surface area contributed by atoms with Crippen LogP contribution >= 0.6 is 0 Å². The lowest BCUT2D eigenvalue weighted by molar-refractivity contribution is -0.123. The normalized spacial score (nSPS) is 17.3. The molecule has 6 heteroatoms. The van der Waals surface area contributed by atoms with Gasteiger partial charge in [0.25, 0.3) is 5.91 Å². The molecule has 1 amide bonds. The third kappa shape index (κ3) is 4.46. The maximum absolute atomic E-state index is 11.7. The van der Waals surface area contributed by atoms with Crippen molar-refractivity contribution in [3.8, 4) is 11.5 Å². The predicted octanol–water partition coefficient (Wildman–Crippen LogP) is 1.18. The molecule has 0 bridgehead atoms. The molecule has 1 unspecified atom stereocenters. The summed E-state index contributed by atoms with van der Waals surface area (Å²) in [6.45, 7) is 1.11. The fourth-order valence-electron chi connectivity index (χ4n) is 2.10. The van der Waals surface area contributed by atoms with Crippen LogP contribution in [0.2, 0.25) is 0 Å². The Bertz CT molecular complexity index is 497. The zero-order valence-corrected chi connectivity index (χ0v) is 12.0. The SMILES string of the molecule is COc1ccc(OCC(=O)NCC2CCCO2)c(C=O)c1. The highest BCUT2D eigenvalue weighted by Crippen LogP contribution is 2.22. The van der Waals surface area contributed by atoms with Gasteiger partial charge in [-0.2, -0.15) is 0 Å². The van der Waals surface area contributed by atoms with Gasteiger partial charge in [0.15, 0.2) is 12.9 Å². The number of benzene rings is 1. The van der Waals surface area contributed by atoms with Crippen molar-refractivity contribution in [3.05, 3.63) is 23.8 Å². The summed E-state index contributed by atoms with van der Waals surface area (Å²) >= 11 is 0. The lowest BCUT2D eigenvalue weighted by atomic mass is 10.2. The minimum Gasteiger partial charge on any atom is -0.497 e. The van der Waals surface area contributed by atoms with E-state index in [-0.39, 0.29) is 18.6 Å². The van der Waals surface area contributed by atoms with Crippen molar-refractivity contribution in [2.24, 2.45) is 0 Å². The van der Waals surface area contributed by atoms with Gasteiger partial charge in [0.1, 0.15) is 11.5 Å². The van der Waals surface area contributed by atoms with E-state index in [1.54, 1.807) is 18.2 Å². The van der Waals surface area contributed by atoms with E-state index < -0.39 is 0 Å². The van der Waals surface area contributed by atoms with E-state index in [0.29, 0.717) is 29.9 Å². The van der Waals surface area contributed by atoms with Gasteiger partial charge >= 0.3 is 0 Å². The number of ether oxygens (including phenoxy) is 3. The van der Waals surface area contributed by atoms with E-state index in [9.17, 15) is 9.59 Å². The van der Waals surface area contributed by atoms with Crippen LogP contribution in [0.5, 0.6) is 11.5 Å². The molecule has 1 saturated heterocycles. The number of carbonyl (C=O) groups is 2. The number of hydrogen-bond donors (Lipinski definition) is 1. The first kappa shape index (κ1) is 15.3. The third-order valence-corrected chi connectivity index (χ3v) is 3.25. The number of carbonyl (C=O) groups excluding carboxylic acids is 2. The highest BCUT2D eigenvalue weighted by Gasteiger charge is 2.16. The molecule has 1 aromatic rings. The van der Waals surface area contributed by atoms with Gasteiger partial charge in [-0.3, -0.25) is 9.59 Å². The molecule has 0 aromatic heterocycles. The molecule has 114 valence electrons. The number of hydrogen-bond acceptors (Lipinski definition) is 5. The summed E-state index contributed by atoms with van der Waals surface area (Å²) < 4.78 is 15.8. The van der Waals surface area contributed by atoms with Crippen LogP contribution in [0.3, 0.4) is 0 Å². The average molecular weight is 293 g/mol. The second-order valence-electron chi connectivity index (χ2n) is 4.75. The van der Waals surface area contributed by atoms with Gasteiger partial charge in [-0.1, -0.05) is 0 Å². The van der Waals surface area contributed by atoms with Gasteiger partial charge < -0.3 is 19.5 Å². The van der Waals surface area contributed by atoms with Crippen molar-refractivity contribution in [2.45, 2.75) is 18.9 Å². The maximum Gasteiger partial charge on any atom is 0.258 e. The standard InChI is InChI=1S/C15H19NO5/c1-19-12-4-5-14(11(7-12)9-17)21-10-15(18)16-8-13-3-2-6-20-13/h4-5,7,9,13H,2-3,6,8,10H2,1H3,(H,16,18). The first-order chi connectivity index (χ1) is 10.2. The molecule has 0 aliphatic carbocycles. The van der Waals surface area contributed by atoms with Crippen molar-refractivity contribution >= 4 is 12.2 Å². The number of rotatable bonds is 7. The van der Waals surface area contributed by atoms with E-state index in [4.69, 9.17) is 14.2 Å². The summed E-state index contributed by atoms with van der Waals surface area (Å²) in [5.41, 5.74) is 0.348. The second kappa shape index (κ2) is 7.64. The molecule has 0 spiro atoms. The average Bonchev–Trinajstić information content (AvgIpc) is 3.04. The van der Waals surface area contributed by atoms with Crippen LogP contribution in [0, 0.1) is 0 Å². The summed E-state index contributed by atoms with van der Waals surface area (Å²) in [6.07, 6.45) is 2.77. The van der Waals surface area contributed by atoms with Crippen LogP contribution in [0.25, 0.3) is 0 Å². The van der Waals surface area contributed by atoms with Crippen molar-refractivity contribution in [2.75, 3.05) is 26.9 Å². The van der Waals surface area contributed by atoms with Crippen LogP contribution in [0.4, 0.5) is 0 Å². The monoisotopic (exact) mass is 293 g/mol. The van der Waals surface area contributed by atoms with E-state index in [1.165, 1.54) is 7.11 Å². The quantitative estimate of drug-likeness (QED) is 0.764. The van der Waals surface area contributed by atoms with Gasteiger partial charge in [-0.25, -0.2) is 0 Å². The van der Waals surface area contributed by atoms with Crippen molar-refractivity contribution in [3.63, 3.8) is 0 Å². The van der Waals surface area contributed by atoms with Crippen LogP contribution in [0.15, 0.2) is 18.2 Å². The second-order valence-corrected chi connectivity index (χ2v) is 4.75. The lowest BCUT2D eigenvalue weighted by Gasteiger charge is -2.12. The Labute approximate surface area is 123 Å². The van der Waals surface area contributed by atoms with Crippen molar-refractivity contribution in [1.29, 1.82) is 0 Å². The lowest BCUT2D eigenvalue weighted by Crippen LogP contribution is -2.35. The molecule has 1 atom stereocenters. The molecular formula is C15H19NO5. The van der Waals surface area contributed by atoms with Crippen molar-refractivity contribution < 1.29 is 23.8 Å². The number of amides is 1. The number of aldehydes is 1. The fraction of sp³-hybridized carbons (Fsp3) is 0.467. The summed E-state index contributed by atoms with van der Waals surface area (Å²) in [6, 6.07) is 4.84. The van der Waals surface area contributed by atoms with Gasteiger partial charge in [0.2, 0.25) is 0 Å². The highest BCUT2D eigenvalue weighted by atomic mass is 16.5. The smallest absolute Gasteiger partial charge is 0.258 e. The summed E-state index contributed by atoms with van der Waals surface area (Å²) in [5, 5.41) is 2.75. The molecular weight excluding hydrogens is 274 g/mol. The van der Waals surface area contributed by atoms with Gasteiger partial charge in [0, 0.05) is 13.2 Å². The summed E-state index contributed by atoms with van der Waals surface area (Å²) in [4.78, 5) is 22.7. The predicted molar refractivity (Wildman–Crippen MR) is 75.9 cm³/mol.